The van der Waals surface area contributed by atoms with E-state index in [9.17, 15) is 0 Å². The SMILES string of the molecule is CC(C)(C)O.CCc1ccc(Cl)cc1Cl. The summed E-state index contributed by atoms with van der Waals surface area (Å²) in [4.78, 5) is 0. The third-order valence-corrected chi connectivity index (χ3v) is 1.98. The predicted octanol–water partition coefficient (Wildman–Crippen LogP) is 4.33. The van der Waals surface area contributed by atoms with E-state index < -0.39 is 5.60 Å². The Labute approximate surface area is 102 Å². The molecule has 0 fully saturated rings. The van der Waals surface area contributed by atoms with Crippen LogP contribution in [0, 0.1) is 0 Å². The topological polar surface area (TPSA) is 20.2 Å². The van der Waals surface area contributed by atoms with E-state index in [1.165, 1.54) is 0 Å². The van der Waals surface area contributed by atoms with E-state index >= 15 is 0 Å². The van der Waals surface area contributed by atoms with Crippen molar-refractivity contribution in [1.82, 2.24) is 0 Å². The Hall–Kier alpha value is -0.240. The lowest BCUT2D eigenvalue weighted by atomic mass is 10.2. The molecule has 0 saturated carbocycles. The Morgan fingerprint density at radius 1 is 1.20 bits per heavy atom. The van der Waals surface area contributed by atoms with Crippen LogP contribution in [0.2, 0.25) is 10.0 Å². The molecule has 15 heavy (non-hydrogen) atoms. The predicted molar refractivity (Wildman–Crippen MR) is 67.8 cm³/mol. The van der Waals surface area contributed by atoms with Gasteiger partial charge in [0.15, 0.2) is 0 Å². The summed E-state index contributed by atoms with van der Waals surface area (Å²) in [6, 6.07) is 5.57. The van der Waals surface area contributed by atoms with E-state index in [-0.39, 0.29) is 0 Å². The number of halogens is 2. The lowest BCUT2D eigenvalue weighted by molar-refractivity contribution is 0.102. The first-order valence-electron chi connectivity index (χ1n) is 4.90. The molecule has 0 aliphatic rings. The van der Waals surface area contributed by atoms with Crippen LogP contribution in [-0.2, 0) is 6.42 Å². The molecular formula is C12H18Cl2O. The second-order valence-electron chi connectivity index (χ2n) is 4.26. The molecule has 0 saturated heterocycles. The fourth-order valence-electron chi connectivity index (χ4n) is 0.808. The number of rotatable bonds is 1. The molecule has 3 heteroatoms. The van der Waals surface area contributed by atoms with Gasteiger partial charge in [-0.3, -0.25) is 0 Å². The maximum Gasteiger partial charge on any atom is 0.0563 e. The van der Waals surface area contributed by atoms with Crippen molar-refractivity contribution in [3.8, 4) is 0 Å². The van der Waals surface area contributed by atoms with E-state index in [0.29, 0.717) is 5.02 Å². The van der Waals surface area contributed by atoms with Crippen LogP contribution in [0.5, 0.6) is 0 Å². The highest BCUT2D eigenvalue weighted by Crippen LogP contribution is 2.20. The highest BCUT2D eigenvalue weighted by molar-refractivity contribution is 6.35. The van der Waals surface area contributed by atoms with Crippen LogP contribution in [-0.4, -0.2) is 10.7 Å². The Morgan fingerprint density at radius 3 is 2.00 bits per heavy atom. The molecule has 0 heterocycles. The van der Waals surface area contributed by atoms with Crippen LogP contribution < -0.4 is 0 Å². The summed E-state index contributed by atoms with van der Waals surface area (Å²) in [6.45, 7) is 7.29. The molecule has 0 aliphatic heterocycles. The van der Waals surface area contributed by atoms with Gasteiger partial charge in [-0.15, -0.1) is 0 Å². The maximum absolute atomic E-state index is 8.52. The first-order chi connectivity index (χ1) is 6.74. The molecule has 0 aliphatic carbocycles. The van der Waals surface area contributed by atoms with E-state index in [1.54, 1.807) is 26.8 Å². The van der Waals surface area contributed by atoms with Crippen LogP contribution >= 0.6 is 23.2 Å². The van der Waals surface area contributed by atoms with Gasteiger partial charge in [0.1, 0.15) is 0 Å². The Bertz CT molecular complexity index is 297. The fraction of sp³-hybridized carbons (Fsp3) is 0.500. The number of hydrogen-bond donors (Lipinski definition) is 1. The monoisotopic (exact) mass is 248 g/mol. The number of aryl methyl sites for hydroxylation is 1. The van der Waals surface area contributed by atoms with Gasteiger partial charge in [0.2, 0.25) is 0 Å². The second-order valence-corrected chi connectivity index (χ2v) is 5.10. The third-order valence-electron chi connectivity index (χ3n) is 1.40. The maximum atomic E-state index is 8.52. The zero-order chi connectivity index (χ0) is 12.1. The van der Waals surface area contributed by atoms with Crippen LogP contribution in [0.25, 0.3) is 0 Å². The Balaban J connectivity index is 0.000000336. The summed E-state index contributed by atoms with van der Waals surface area (Å²) in [5.41, 5.74) is 0.645. The van der Waals surface area contributed by atoms with Gasteiger partial charge in [-0.25, -0.2) is 0 Å². The van der Waals surface area contributed by atoms with Gasteiger partial charge < -0.3 is 5.11 Å². The summed E-state index contributed by atoms with van der Waals surface area (Å²) in [5.74, 6) is 0. The summed E-state index contributed by atoms with van der Waals surface area (Å²) >= 11 is 11.5. The largest absolute Gasteiger partial charge is 0.391 e. The van der Waals surface area contributed by atoms with Crippen molar-refractivity contribution in [3.05, 3.63) is 33.8 Å². The standard InChI is InChI=1S/C8H8Cl2.C4H10O/c1-2-6-3-4-7(9)5-8(6)10;1-4(2,3)5/h3-5H,2H2,1H3;5H,1-3H3. The molecule has 0 spiro atoms. The van der Waals surface area contributed by atoms with E-state index in [2.05, 4.69) is 6.92 Å². The van der Waals surface area contributed by atoms with Crippen LogP contribution in [0.4, 0.5) is 0 Å². The lowest BCUT2D eigenvalue weighted by Crippen LogP contribution is -2.10. The molecule has 1 aromatic carbocycles. The fourth-order valence-corrected chi connectivity index (χ4v) is 1.35. The van der Waals surface area contributed by atoms with Crippen molar-refractivity contribution in [2.45, 2.75) is 39.7 Å². The van der Waals surface area contributed by atoms with E-state index in [4.69, 9.17) is 28.3 Å². The molecule has 86 valence electrons. The summed E-state index contributed by atoms with van der Waals surface area (Å²) in [6.07, 6.45) is 0.954. The van der Waals surface area contributed by atoms with Crippen LogP contribution in [0.15, 0.2) is 18.2 Å². The van der Waals surface area contributed by atoms with Crippen molar-refractivity contribution in [2.75, 3.05) is 0 Å². The molecule has 1 nitrogen and oxygen atoms in total. The Morgan fingerprint density at radius 2 is 1.67 bits per heavy atom. The highest BCUT2D eigenvalue weighted by atomic mass is 35.5. The second kappa shape index (κ2) is 6.37. The van der Waals surface area contributed by atoms with E-state index in [1.807, 2.05) is 12.1 Å². The zero-order valence-electron chi connectivity index (χ0n) is 9.64. The van der Waals surface area contributed by atoms with E-state index in [0.717, 1.165) is 17.0 Å². The van der Waals surface area contributed by atoms with Gasteiger partial charge in [0, 0.05) is 10.0 Å². The van der Waals surface area contributed by atoms with Crippen molar-refractivity contribution in [1.29, 1.82) is 0 Å². The lowest BCUT2D eigenvalue weighted by Gasteiger charge is -2.04. The first-order valence-corrected chi connectivity index (χ1v) is 5.66. The zero-order valence-corrected chi connectivity index (χ0v) is 11.2. The van der Waals surface area contributed by atoms with Gasteiger partial charge >= 0.3 is 0 Å². The summed E-state index contributed by atoms with van der Waals surface area (Å²) in [7, 11) is 0. The molecule has 0 aromatic heterocycles. The molecule has 0 bridgehead atoms. The van der Waals surface area contributed by atoms with Gasteiger partial charge in [0.05, 0.1) is 5.60 Å². The third kappa shape index (κ3) is 8.73. The molecule has 1 rings (SSSR count). The van der Waals surface area contributed by atoms with Gasteiger partial charge in [0.25, 0.3) is 0 Å². The van der Waals surface area contributed by atoms with Crippen molar-refractivity contribution < 1.29 is 5.11 Å². The van der Waals surface area contributed by atoms with Crippen LogP contribution in [0.3, 0.4) is 0 Å². The minimum Gasteiger partial charge on any atom is -0.391 e. The average Bonchev–Trinajstić information content (AvgIpc) is 2.01. The molecule has 0 unspecified atom stereocenters. The smallest absolute Gasteiger partial charge is 0.0563 e. The van der Waals surface area contributed by atoms with Crippen LogP contribution in [0.1, 0.15) is 33.3 Å². The Kier molecular flexibility index (Phi) is 6.26. The number of hydrogen-bond acceptors (Lipinski definition) is 1. The van der Waals surface area contributed by atoms with Gasteiger partial charge in [-0.05, 0) is 44.9 Å². The minimum atomic E-state index is -0.500. The van der Waals surface area contributed by atoms with Crippen molar-refractivity contribution in [2.24, 2.45) is 0 Å². The molecule has 1 N–H and O–H groups in total. The quantitative estimate of drug-likeness (QED) is 0.785. The van der Waals surface area contributed by atoms with Crippen molar-refractivity contribution >= 4 is 23.2 Å². The van der Waals surface area contributed by atoms with Crippen molar-refractivity contribution in [3.63, 3.8) is 0 Å². The molecule has 0 amide bonds. The number of benzene rings is 1. The molecular weight excluding hydrogens is 231 g/mol. The van der Waals surface area contributed by atoms with Gasteiger partial charge in [-0.1, -0.05) is 36.2 Å². The summed E-state index contributed by atoms with van der Waals surface area (Å²) in [5, 5.41) is 9.98. The number of aliphatic hydroxyl groups is 1. The normalized spacial score (nSPS) is 10.6. The highest BCUT2D eigenvalue weighted by Gasteiger charge is 1.98. The minimum absolute atomic E-state index is 0.500. The first kappa shape index (κ1) is 14.8. The molecule has 0 atom stereocenters. The molecule has 1 aromatic rings. The van der Waals surface area contributed by atoms with Gasteiger partial charge in [-0.2, -0.15) is 0 Å². The average molecular weight is 249 g/mol. The summed E-state index contributed by atoms with van der Waals surface area (Å²) < 4.78 is 0. The molecule has 0 radical (unpaired) electrons.